The largest absolute Gasteiger partial charge is 0.381 e. The fraction of sp³-hybridized carbons (Fsp3) is 0.947. The van der Waals surface area contributed by atoms with Crippen molar-refractivity contribution in [2.24, 2.45) is 22.2 Å². The normalized spacial score (nSPS) is 33.9. The third-order valence-corrected chi connectivity index (χ3v) is 7.80. The van der Waals surface area contributed by atoms with Crippen LogP contribution < -0.4 is 10.6 Å². The molecule has 3 fully saturated rings. The Hall–Kier alpha value is -0.820. The smallest absolute Gasteiger partial charge is 0.191 e. The maximum atomic E-state index is 11.7. The average molecular weight is 386 g/mol. The maximum Gasteiger partial charge on any atom is 0.191 e. The van der Waals surface area contributed by atoms with E-state index in [4.69, 9.17) is 9.73 Å². The number of ether oxygens (including phenoxy) is 1. The molecular weight excluding hydrogens is 350 g/mol. The standard InChI is InChI=1S/C19H35N3O3S/c1-19(2)7-3-4-17(10-19)22-18(20-11-15-5-8-25-13-15)21-12-16-6-9-26(23,24)14-16/h15-17H,3-14H2,1-2H3,(H2,20,21,22). The summed E-state index contributed by atoms with van der Waals surface area (Å²) in [5, 5.41) is 7.12. The van der Waals surface area contributed by atoms with Crippen LogP contribution in [-0.2, 0) is 14.6 Å². The van der Waals surface area contributed by atoms with Crippen molar-refractivity contribution >= 4 is 15.8 Å². The Kier molecular flexibility index (Phi) is 6.49. The summed E-state index contributed by atoms with van der Waals surface area (Å²) < 4.78 is 28.8. The molecule has 0 aromatic heterocycles. The highest BCUT2D eigenvalue weighted by Gasteiger charge is 2.30. The second-order valence-electron chi connectivity index (χ2n) is 9.17. The topological polar surface area (TPSA) is 79.8 Å². The quantitative estimate of drug-likeness (QED) is 0.559. The van der Waals surface area contributed by atoms with E-state index in [0.717, 1.165) is 45.0 Å². The monoisotopic (exact) mass is 385 g/mol. The van der Waals surface area contributed by atoms with Crippen LogP contribution in [-0.4, -0.2) is 58.2 Å². The third kappa shape index (κ3) is 6.12. The molecule has 2 aliphatic heterocycles. The molecule has 1 saturated carbocycles. The van der Waals surface area contributed by atoms with Crippen LogP contribution in [0.1, 0.15) is 52.4 Å². The highest BCUT2D eigenvalue weighted by molar-refractivity contribution is 7.91. The minimum absolute atomic E-state index is 0.163. The lowest BCUT2D eigenvalue weighted by atomic mass is 9.75. The predicted octanol–water partition coefficient (Wildman–Crippen LogP) is 1.96. The van der Waals surface area contributed by atoms with Crippen LogP contribution in [0.15, 0.2) is 4.99 Å². The molecule has 1 aliphatic carbocycles. The molecule has 0 radical (unpaired) electrons. The van der Waals surface area contributed by atoms with Gasteiger partial charge in [0, 0.05) is 31.7 Å². The average Bonchev–Trinajstić information content (AvgIpc) is 3.18. The highest BCUT2D eigenvalue weighted by Crippen LogP contribution is 2.35. The van der Waals surface area contributed by atoms with Gasteiger partial charge in [-0.05, 0) is 43.4 Å². The van der Waals surface area contributed by atoms with E-state index in [9.17, 15) is 8.42 Å². The van der Waals surface area contributed by atoms with E-state index in [0.29, 0.717) is 29.7 Å². The molecule has 26 heavy (non-hydrogen) atoms. The first-order valence-electron chi connectivity index (χ1n) is 10.1. The first-order chi connectivity index (χ1) is 12.3. The molecule has 3 unspecified atom stereocenters. The zero-order valence-electron chi connectivity index (χ0n) is 16.3. The van der Waals surface area contributed by atoms with Crippen molar-refractivity contribution in [2.45, 2.75) is 58.4 Å². The highest BCUT2D eigenvalue weighted by atomic mass is 32.2. The minimum Gasteiger partial charge on any atom is -0.381 e. The summed E-state index contributed by atoms with van der Waals surface area (Å²) in [5.41, 5.74) is 0.375. The maximum absolute atomic E-state index is 11.7. The number of aliphatic imine (C=N–C) groups is 1. The number of nitrogens with one attached hydrogen (secondary N) is 2. The Bertz CT molecular complexity index is 597. The van der Waals surface area contributed by atoms with Crippen LogP contribution >= 0.6 is 0 Å². The molecule has 0 bridgehead atoms. The summed E-state index contributed by atoms with van der Waals surface area (Å²) in [7, 11) is -2.84. The molecule has 3 aliphatic rings. The molecule has 150 valence electrons. The number of rotatable bonds is 5. The van der Waals surface area contributed by atoms with Crippen LogP contribution in [0.25, 0.3) is 0 Å². The van der Waals surface area contributed by atoms with Crippen molar-refractivity contribution in [1.29, 1.82) is 0 Å². The number of hydrogen-bond donors (Lipinski definition) is 2. The third-order valence-electron chi connectivity index (χ3n) is 5.96. The van der Waals surface area contributed by atoms with E-state index in [-0.39, 0.29) is 11.7 Å². The van der Waals surface area contributed by atoms with Crippen LogP contribution in [0.5, 0.6) is 0 Å². The van der Waals surface area contributed by atoms with Gasteiger partial charge >= 0.3 is 0 Å². The van der Waals surface area contributed by atoms with Gasteiger partial charge in [-0.3, -0.25) is 4.99 Å². The zero-order chi connectivity index (χ0) is 18.6. The fourth-order valence-corrected chi connectivity index (χ4v) is 6.24. The molecule has 2 N–H and O–H groups in total. The Morgan fingerprint density at radius 1 is 1.23 bits per heavy atom. The van der Waals surface area contributed by atoms with Crippen molar-refractivity contribution in [2.75, 3.05) is 37.8 Å². The Morgan fingerprint density at radius 3 is 2.73 bits per heavy atom. The van der Waals surface area contributed by atoms with Crippen LogP contribution in [0, 0.1) is 17.3 Å². The van der Waals surface area contributed by atoms with Gasteiger partial charge < -0.3 is 15.4 Å². The van der Waals surface area contributed by atoms with Gasteiger partial charge in [-0.15, -0.1) is 0 Å². The second kappa shape index (κ2) is 8.46. The van der Waals surface area contributed by atoms with Crippen molar-refractivity contribution < 1.29 is 13.2 Å². The van der Waals surface area contributed by atoms with Crippen molar-refractivity contribution in [3.05, 3.63) is 0 Å². The molecule has 0 spiro atoms. The molecule has 0 aromatic rings. The van der Waals surface area contributed by atoms with Crippen molar-refractivity contribution in [3.63, 3.8) is 0 Å². The molecule has 0 amide bonds. The number of sulfone groups is 1. The Morgan fingerprint density at radius 2 is 2.08 bits per heavy atom. The summed E-state index contributed by atoms with van der Waals surface area (Å²) in [4.78, 5) is 4.76. The van der Waals surface area contributed by atoms with E-state index in [1.807, 2.05) is 0 Å². The predicted molar refractivity (Wildman–Crippen MR) is 105 cm³/mol. The summed E-state index contributed by atoms with van der Waals surface area (Å²) in [6.07, 6.45) is 6.69. The van der Waals surface area contributed by atoms with Crippen LogP contribution in [0.2, 0.25) is 0 Å². The molecule has 0 aromatic carbocycles. The molecular formula is C19H35N3O3S. The number of hydrogen-bond acceptors (Lipinski definition) is 4. The second-order valence-corrected chi connectivity index (χ2v) is 11.4. The van der Waals surface area contributed by atoms with E-state index in [1.54, 1.807) is 0 Å². The van der Waals surface area contributed by atoms with Gasteiger partial charge in [0.2, 0.25) is 0 Å². The molecule has 2 saturated heterocycles. The van der Waals surface area contributed by atoms with E-state index >= 15 is 0 Å². The van der Waals surface area contributed by atoms with E-state index in [1.165, 1.54) is 19.3 Å². The summed E-state index contributed by atoms with van der Waals surface area (Å²) >= 11 is 0. The van der Waals surface area contributed by atoms with Crippen molar-refractivity contribution in [3.8, 4) is 0 Å². The molecule has 7 heteroatoms. The van der Waals surface area contributed by atoms with Gasteiger partial charge in [-0.1, -0.05) is 20.3 Å². The molecule has 2 heterocycles. The lowest BCUT2D eigenvalue weighted by molar-refractivity contribution is 0.186. The first kappa shape index (κ1) is 19.9. The Balaban J connectivity index is 1.57. The fourth-order valence-electron chi connectivity index (χ4n) is 4.39. The summed E-state index contributed by atoms with van der Waals surface area (Å²) in [5.74, 6) is 2.16. The number of nitrogens with zero attached hydrogens (tertiary/aromatic N) is 1. The summed E-state index contributed by atoms with van der Waals surface area (Å²) in [6, 6.07) is 0.442. The first-order valence-corrected chi connectivity index (χ1v) is 12.0. The van der Waals surface area contributed by atoms with Gasteiger partial charge in [0.1, 0.15) is 0 Å². The summed E-state index contributed by atoms with van der Waals surface area (Å²) in [6.45, 7) is 7.80. The lowest BCUT2D eigenvalue weighted by Gasteiger charge is -2.36. The van der Waals surface area contributed by atoms with Crippen LogP contribution in [0.4, 0.5) is 0 Å². The van der Waals surface area contributed by atoms with Gasteiger partial charge in [-0.25, -0.2) is 8.42 Å². The van der Waals surface area contributed by atoms with Gasteiger partial charge in [0.15, 0.2) is 15.8 Å². The zero-order valence-corrected chi connectivity index (χ0v) is 17.1. The molecule has 6 nitrogen and oxygen atoms in total. The van der Waals surface area contributed by atoms with Crippen LogP contribution in [0.3, 0.4) is 0 Å². The molecule has 3 atom stereocenters. The lowest BCUT2D eigenvalue weighted by Crippen LogP contribution is -2.47. The molecule has 3 rings (SSSR count). The van der Waals surface area contributed by atoms with Gasteiger partial charge in [-0.2, -0.15) is 0 Å². The van der Waals surface area contributed by atoms with E-state index < -0.39 is 9.84 Å². The minimum atomic E-state index is -2.84. The SMILES string of the molecule is CC1(C)CCCC(NC(=NCC2CCS(=O)(=O)C2)NCC2CCOC2)C1. The van der Waals surface area contributed by atoms with E-state index in [2.05, 4.69) is 24.5 Å². The van der Waals surface area contributed by atoms with Crippen molar-refractivity contribution in [1.82, 2.24) is 10.6 Å². The van der Waals surface area contributed by atoms with Gasteiger partial charge in [0.25, 0.3) is 0 Å². The Labute approximate surface area is 158 Å². The number of guanidine groups is 1. The van der Waals surface area contributed by atoms with Gasteiger partial charge in [0.05, 0.1) is 18.1 Å².